The van der Waals surface area contributed by atoms with Gasteiger partial charge in [-0.3, -0.25) is 14.9 Å². The molecule has 0 radical (unpaired) electrons. The molecule has 1 unspecified atom stereocenters. The van der Waals surface area contributed by atoms with E-state index in [0.29, 0.717) is 31.6 Å². The Kier molecular flexibility index (Phi) is 5.38. The van der Waals surface area contributed by atoms with Crippen molar-refractivity contribution >= 4 is 28.8 Å². The van der Waals surface area contributed by atoms with Crippen molar-refractivity contribution in [1.29, 1.82) is 0 Å². The molecule has 2 heterocycles. The number of carbonyl (C=O) groups excluding carboxylic acids is 3. The first-order valence-corrected chi connectivity index (χ1v) is 8.40. The number of furan rings is 1. The molecule has 0 aliphatic carbocycles. The van der Waals surface area contributed by atoms with E-state index in [-0.39, 0.29) is 16.9 Å². The monoisotopic (exact) mass is 377 g/mol. The van der Waals surface area contributed by atoms with E-state index in [1.807, 2.05) is 11.9 Å². The second-order valence-electron chi connectivity index (χ2n) is 6.26. The number of nitrogens with one attached hydrogen (secondary N) is 3. The number of likely N-dealkylation sites (N-methyl/N-ethyl adjacent to an activating group) is 1. The molecule has 1 aliphatic rings. The zero-order valence-corrected chi connectivity index (χ0v) is 14.7. The highest BCUT2D eigenvalue weighted by atomic mass is 19.1. The van der Waals surface area contributed by atoms with Crippen LogP contribution in [0.5, 0.6) is 0 Å². The van der Waals surface area contributed by atoms with Crippen LogP contribution in [0.2, 0.25) is 0 Å². The fourth-order valence-corrected chi connectivity index (χ4v) is 2.80. The van der Waals surface area contributed by atoms with E-state index in [1.165, 1.54) is 12.1 Å². The van der Waals surface area contributed by atoms with Gasteiger partial charge < -0.3 is 25.7 Å². The number of amides is 4. The normalized spacial score (nSPS) is 16.7. The minimum atomic E-state index is -0.983. The van der Waals surface area contributed by atoms with Crippen molar-refractivity contribution in [1.82, 2.24) is 20.9 Å². The first kappa shape index (κ1) is 18.8. The van der Waals surface area contributed by atoms with Gasteiger partial charge in [0.05, 0.1) is 5.56 Å². The van der Waals surface area contributed by atoms with Gasteiger partial charge in [0.2, 0.25) is 0 Å². The first-order chi connectivity index (χ1) is 12.9. The molecule has 5 N–H and O–H groups in total. The van der Waals surface area contributed by atoms with Crippen molar-refractivity contribution < 1.29 is 23.2 Å². The van der Waals surface area contributed by atoms with Gasteiger partial charge in [0.25, 0.3) is 11.8 Å². The maximum absolute atomic E-state index is 14.3. The third-order valence-corrected chi connectivity index (χ3v) is 4.22. The standard InChI is InChI=1S/C17H20FN5O4/c1-23(4-2-19)5-3-20-15(24)10-6-9-7-13(27-12(9)8-11(10)18)14-16(25)22-17(26)21-14/h6-8,14H,2-5,19H2,1H3,(H,20,24)(H2,21,22,25,26). The van der Waals surface area contributed by atoms with E-state index in [9.17, 15) is 18.8 Å². The summed E-state index contributed by atoms with van der Waals surface area (Å²) in [5, 5.41) is 7.60. The lowest BCUT2D eigenvalue weighted by Crippen LogP contribution is -2.35. The maximum Gasteiger partial charge on any atom is 0.322 e. The summed E-state index contributed by atoms with van der Waals surface area (Å²) in [6.07, 6.45) is 0. The fraction of sp³-hybridized carbons (Fsp3) is 0.353. The van der Waals surface area contributed by atoms with Crippen molar-refractivity contribution in [3.05, 3.63) is 35.3 Å². The predicted octanol–water partition coefficient (Wildman–Crippen LogP) is 0.0727. The summed E-state index contributed by atoms with van der Waals surface area (Å²) in [5.74, 6) is -1.69. The molecule has 1 fully saturated rings. The van der Waals surface area contributed by atoms with Gasteiger partial charge in [-0.05, 0) is 19.2 Å². The van der Waals surface area contributed by atoms with Gasteiger partial charge in [-0.15, -0.1) is 0 Å². The number of urea groups is 1. The van der Waals surface area contributed by atoms with E-state index in [1.54, 1.807) is 0 Å². The Hall–Kier alpha value is -2.98. The van der Waals surface area contributed by atoms with Crippen LogP contribution in [0.4, 0.5) is 9.18 Å². The van der Waals surface area contributed by atoms with Crippen molar-refractivity contribution in [2.75, 3.05) is 33.2 Å². The lowest BCUT2D eigenvalue weighted by Gasteiger charge is -2.15. The number of imide groups is 1. The van der Waals surface area contributed by atoms with Crippen LogP contribution in [0.25, 0.3) is 11.0 Å². The number of halogens is 1. The summed E-state index contributed by atoms with van der Waals surface area (Å²) in [4.78, 5) is 37.2. The van der Waals surface area contributed by atoms with Crippen LogP contribution in [0, 0.1) is 5.82 Å². The highest BCUT2D eigenvalue weighted by Gasteiger charge is 2.33. The highest BCUT2D eigenvalue weighted by Crippen LogP contribution is 2.27. The molecule has 1 aliphatic heterocycles. The number of nitrogens with two attached hydrogens (primary N) is 1. The van der Waals surface area contributed by atoms with Crippen LogP contribution in [0.1, 0.15) is 22.2 Å². The molecule has 3 rings (SSSR count). The molecule has 144 valence electrons. The summed E-state index contributed by atoms with van der Waals surface area (Å²) >= 11 is 0. The second-order valence-corrected chi connectivity index (χ2v) is 6.26. The summed E-state index contributed by atoms with van der Waals surface area (Å²) in [6.45, 7) is 2.13. The number of hydrogen-bond donors (Lipinski definition) is 4. The lowest BCUT2D eigenvalue weighted by atomic mass is 10.1. The Morgan fingerprint density at radius 3 is 2.78 bits per heavy atom. The van der Waals surface area contributed by atoms with Gasteiger partial charge in [0, 0.05) is 37.6 Å². The molecule has 0 bridgehead atoms. The van der Waals surface area contributed by atoms with Gasteiger partial charge in [0.1, 0.15) is 17.2 Å². The molecule has 1 atom stereocenters. The largest absolute Gasteiger partial charge is 0.458 e. The van der Waals surface area contributed by atoms with E-state index in [2.05, 4.69) is 16.0 Å². The average molecular weight is 377 g/mol. The Bertz CT molecular complexity index is 897. The Balaban J connectivity index is 1.75. The number of rotatable bonds is 7. The van der Waals surface area contributed by atoms with Gasteiger partial charge in [-0.1, -0.05) is 0 Å². The second kappa shape index (κ2) is 7.72. The number of nitrogens with zero attached hydrogens (tertiary/aromatic N) is 1. The Morgan fingerprint density at radius 2 is 2.11 bits per heavy atom. The number of hydrogen-bond acceptors (Lipinski definition) is 6. The van der Waals surface area contributed by atoms with Gasteiger partial charge in [-0.25, -0.2) is 9.18 Å². The summed E-state index contributed by atoms with van der Waals surface area (Å²) in [7, 11) is 1.87. The molecule has 9 nitrogen and oxygen atoms in total. The van der Waals surface area contributed by atoms with Crippen LogP contribution >= 0.6 is 0 Å². The van der Waals surface area contributed by atoms with Crippen molar-refractivity contribution in [2.45, 2.75) is 6.04 Å². The van der Waals surface area contributed by atoms with Crippen molar-refractivity contribution in [3.63, 3.8) is 0 Å². The van der Waals surface area contributed by atoms with Gasteiger partial charge in [-0.2, -0.15) is 0 Å². The van der Waals surface area contributed by atoms with Crippen LogP contribution in [0.3, 0.4) is 0 Å². The van der Waals surface area contributed by atoms with E-state index in [4.69, 9.17) is 10.2 Å². The van der Waals surface area contributed by atoms with Crippen LogP contribution in [0.15, 0.2) is 22.6 Å². The molecule has 10 heteroatoms. The molecule has 0 spiro atoms. The van der Waals surface area contributed by atoms with Crippen LogP contribution in [-0.4, -0.2) is 56.0 Å². The molecule has 1 aromatic heterocycles. The minimum Gasteiger partial charge on any atom is -0.458 e. The first-order valence-electron chi connectivity index (χ1n) is 8.40. The number of carbonyl (C=O) groups is 3. The molecule has 4 amide bonds. The third kappa shape index (κ3) is 4.07. The SMILES string of the molecule is CN(CCN)CCNC(=O)c1cc2cc(C3NC(=O)NC3=O)oc2cc1F. The van der Waals surface area contributed by atoms with Gasteiger partial charge >= 0.3 is 6.03 Å². The Labute approximate surface area is 154 Å². The highest BCUT2D eigenvalue weighted by molar-refractivity contribution is 6.05. The smallest absolute Gasteiger partial charge is 0.322 e. The summed E-state index contributed by atoms with van der Waals surface area (Å²) < 4.78 is 19.8. The number of fused-ring (bicyclic) bond motifs is 1. The van der Waals surface area contributed by atoms with Crippen LogP contribution in [-0.2, 0) is 4.79 Å². The van der Waals surface area contributed by atoms with Crippen LogP contribution < -0.4 is 21.7 Å². The predicted molar refractivity (Wildman–Crippen MR) is 94.5 cm³/mol. The zero-order valence-electron chi connectivity index (χ0n) is 14.7. The van der Waals surface area contributed by atoms with E-state index >= 15 is 0 Å². The molecule has 27 heavy (non-hydrogen) atoms. The average Bonchev–Trinajstić information content (AvgIpc) is 3.15. The molecule has 0 saturated carbocycles. The van der Waals surface area contributed by atoms with Crippen molar-refractivity contribution in [3.8, 4) is 0 Å². The molecular weight excluding hydrogens is 357 g/mol. The minimum absolute atomic E-state index is 0.128. The molecule has 1 saturated heterocycles. The third-order valence-electron chi connectivity index (χ3n) is 4.22. The van der Waals surface area contributed by atoms with E-state index < -0.39 is 29.7 Å². The van der Waals surface area contributed by atoms with Crippen molar-refractivity contribution in [2.24, 2.45) is 5.73 Å². The van der Waals surface area contributed by atoms with Gasteiger partial charge in [0.15, 0.2) is 6.04 Å². The summed E-state index contributed by atoms with van der Waals surface area (Å²) in [6, 6.07) is 2.32. The maximum atomic E-state index is 14.3. The molecule has 2 aromatic rings. The number of benzene rings is 1. The summed E-state index contributed by atoms with van der Waals surface area (Å²) in [5.41, 5.74) is 5.50. The zero-order chi connectivity index (χ0) is 19.6. The van der Waals surface area contributed by atoms with E-state index in [0.717, 1.165) is 6.07 Å². The molecule has 1 aromatic carbocycles. The quantitative estimate of drug-likeness (QED) is 0.506. The molecular formula is C17H20FN5O4. The Morgan fingerprint density at radius 1 is 1.33 bits per heavy atom. The lowest BCUT2D eigenvalue weighted by molar-refractivity contribution is -0.120. The fourth-order valence-electron chi connectivity index (χ4n) is 2.80. The topological polar surface area (TPSA) is 130 Å².